The van der Waals surface area contributed by atoms with Crippen LogP contribution in [0.25, 0.3) is 6.08 Å². The van der Waals surface area contributed by atoms with Gasteiger partial charge in [0.05, 0.1) is 11.1 Å². The molecule has 0 aliphatic carbocycles. The molecule has 0 aromatic heterocycles. The van der Waals surface area contributed by atoms with Gasteiger partial charge in [0, 0.05) is 19.8 Å². The first-order valence-electron chi connectivity index (χ1n) is 9.98. The summed E-state index contributed by atoms with van der Waals surface area (Å²) in [5.41, 5.74) is 1.17. The Kier molecular flexibility index (Phi) is 7.83. The maximum absolute atomic E-state index is 12.6. The van der Waals surface area contributed by atoms with Crippen molar-refractivity contribution in [2.24, 2.45) is 0 Å². The molecule has 3 rings (SSSR count). The number of likely N-dealkylation sites (N-methyl/N-ethyl adjacent to an activating group) is 2. The number of amides is 3. The van der Waals surface area contributed by atoms with E-state index in [2.05, 4.69) is 21.2 Å². The SMILES string of the molecule is CCOc1cc(C=C2C(=O)N(C)C(=S)N(C)C2=O)cc(Br)c1OCC(=O)Nc1ccccc1. The second-order valence-electron chi connectivity index (χ2n) is 7.03. The zero-order valence-electron chi connectivity index (χ0n) is 18.3. The number of rotatable bonds is 7. The van der Waals surface area contributed by atoms with Crippen LogP contribution in [0.1, 0.15) is 12.5 Å². The first-order chi connectivity index (χ1) is 15.7. The summed E-state index contributed by atoms with van der Waals surface area (Å²) in [5, 5.41) is 2.88. The Labute approximate surface area is 205 Å². The molecule has 1 N–H and O–H groups in total. The Morgan fingerprint density at radius 2 is 1.73 bits per heavy atom. The number of carbonyl (C=O) groups is 3. The van der Waals surface area contributed by atoms with E-state index >= 15 is 0 Å². The lowest BCUT2D eigenvalue weighted by atomic mass is 10.1. The average molecular weight is 532 g/mol. The van der Waals surface area contributed by atoms with Gasteiger partial charge in [0.2, 0.25) is 0 Å². The number of nitrogens with zero attached hydrogens (tertiary/aromatic N) is 2. The maximum atomic E-state index is 12.6. The van der Waals surface area contributed by atoms with Crippen LogP contribution in [0, 0.1) is 0 Å². The highest BCUT2D eigenvalue weighted by molar-refractivity contribution is 9.10. The molecule has 172 valence electrons. The monoisotopic (exact) mass is 531 g/mol. The molecule has 33 heavy (non-hydrogen) atoms. The molecule has 1 aliphatic heterocycles. The Hall–Kier alpha value is -3.24. The van der Waals surface area contributed by atoms with Crippen molar-refractivity contribution in [3.8, 4) is 11.5 Å². The quantitative estimate of drug-likeness (QED) is 0.334. The van der Waals surface area contributed by atoms with Crippen molar-refractivity contribution in [1.29, 1.82) is 0 Å². The second-order valence-corrected chi connectivity index (χ2v) is 8.25. The second kappa shape index (κ2) is 10.6. The zero-order valence-corrected chi connectivity index (χ0v) is 20.7. The molecule has 10 heteroatoms. The number of para-hydroxylation sites is 1. The highest BCUT2D eigenvalue weighted by Crippen LogP contribution is 2.38. The molecule has 0 atom stereocenters. The number of hydrogen-bond donors (Lipinski definition) is 1. The summed E-state index contributed by atoms with van der Waals surface area (Å²) >= 11 is 8.55. The number of halogens is 1. The van der Waals surface area contributed by atoms with E-state index in [0.29, 0.717) is 33.8 Å². The van der Waals surface area contributed by atoms with Gasteiger partial charge in [-0.1, -0.05) is 18.2 Å². The van der Waals surface area contributed by atoms with Gasteiger partial charge in [-0.05, 0) is 71.0 Å². The summed E-state index contributed by atoms with van der Waals surface area (Å²) in [7, 11) is 3.03. The number of carbonyl (C=O) groups excluding carboxylic acids is 3. The smallest absolute Gasteiger partial charge is 0.265 e. The van der Waals surface area contributed by atoms with E-state index in [-0.39, 0.29) is 23.2 Å². The minimum Gasteiger partial charge on any atom is -0.490 e. The van der Waals surface area contributed by atoms with Crippen molar-refractivity contribution >= 4 is 62.7 Å². The minimum atomic E-state index is -0.491. The third kappa shape index (κ3) is 5.58. The fourth-order valence-electron chi connectivity index (χ4n) is 3.07. The van der Waals surface area contributed by atoms with Crippen molar-refractivity contribution in [1.82, 2.24) is 9.80 Å². The molecule has 0 radical (unpaired) electrons. The highest BCUT2D eigenvalue weighted by atomic mass is 79.9. The van der Waals surface area contributed by atoms with Gasteiger partial charge in [0.25, 0.3) is 17.7 Å². The fraction of sp³-hybridized carbons (Fsp3) is 0.217. The molecule has 1 saturated heterocycles. The van der Waals surface area contributed by atoms with Gasteiger partial charge in [-0.25, -0.2) is 0 Å². The van der Waals surface area contributed by atoms with Crippen LogP contribution >= 0.6 is 28.1 Å². The third-order valence-corrected chi connectivity index (χ3v) is 5.83. The van der Waals surface area contributed by atoms with Gasteiger partial charge in [0.1, 0.15) is 5.57 Å². The topological polar surface area (TPSA) is 88.2 Å². The normalized spacial score (nSPS) is 13.8. The third-order valence-electron chi connectivity index (χ3n) is 4.69. The lowest BCUT2D eigenvalue weighted by Gasteiger charge is -2.31. The van der Waals surface area contributed by atoms with Crippen molar-refractivity contribution in [2.75, 3.05) is 32.6 Å². The molecule has 0 unspecified atom stereocenters. The summed E-state index contributed by atoms with van der Waals surface area (Å²) < 4.78 is 11.9. The Bertz CT molecular complexity index is 1110. The van der Waals surface area contributed by atoms with Crippen LogP contribution in [0.3, 0.4) is 0 Å². The van der Waals surface area contributed by atoms with Gasteiger partial charge < -0.3 is 14.8 Å². The van der Waals surface area contributed by atoms with E-state index in [1.807, 2.05) is 25.1 Å². The number of ether oxygens (including phenoxy) is 2. The van der Waals surface area contributed by atoms with Crippen LogP contribution in [0.15, 0.2) is 52.5 Å². The molecule has 1 fully saturated rings. The number of thiocarbonyl (C=S) groups is 1. The first-order valence-corrected chi connectivity index (χ1v) is 11.2. The molecule has 0 bridgehead atoms. The van der Waals surface area contributed by atoms with E-state index in [1.165, 1.54) is 30.0 Å². The molecule has 1 aliphatic rings. The summed E-state index contributed by atoms with van der Waals surface area (Å²) in [4.78, 5) is 39.9. The van der Waals surface area contributed by atoms with E-state index in [1.54, 1.807) is 24.3 Å². The molecule has 1 heterocycles. The van der Waals surface area contributed by atoms with Crippen molar-refractivity contribution < 1.29 is 23.9 Å². The van der Waals surface area contributed by atoms with E-state index in [9.17, 15) is 14.4 Å². The predicted molar refractivity (Wildman–Crippen MR) is 132 cm³/mol. The van der Waals surface area contributed by atoms with Crippen LogP contribution < -0.4 is 14.8 Å². The standard InChI is InChI=1S/C23H22BrN3O5S/c1-4-31-18-12-14(10-16-21(29)26(2)23(33)27(3)22(16)30)11-17(24)20(18)32-13-19(28)25-15-8-6-5-7-9-15/h5-12H,4,13H2,1-3H3,(H,25,28). The lowest BCUT2D eigenvalue weighted by Crippen LogP contribution is -2.52. The van der Waals surface area contributed by atoms with Crippen LogP contribution in [-0.4, -0.2) is 59.9 Å². The lowest BCUT2D eigenvalue weighted by molar-refractivity contribution is -0.132. The summed E-state index contributed by atoms with van der Waals surface area (Å²) in [5.74, 6) is -0.620. The maximum Gasteiger partial charge on any atom is 0.265 e. The van der Waals surface area contributed by atoms with Gasteiger partial charge in [-0.15, -0.1) is 0 Å². The number of benzene rings is 2. The summed E-state index contributed by atoms with van der Waals surface area (Å²) in [6, 6.07) is 12.4. The number of nitrogens with one attached hydrogen (secondary N) is 1. The Balaban J connectivity index is 1.84. The average Bonchev–Trinajstić information content (AvgIpc) is 2.79. The summed E-state index contributed by atoms with van der Waals surface area (Å²) in [6.07, 6.45) is 1.47. The molecule has 3 amide bonds. The van der Waals surface area contributed by atoms with Crippen LogP contribution in [0.5, 0.6) is 11.5 Å². The van der Waals surface area contributed by atoms with Crippen molar-refractivity contribution in [3.63, 3.8) is 0 Å². The molecule has 2 aromatic rings. The van der Waals surface area contributed by atoms with Crippen molar-refractivity contribution in [3.05, 3.63) is 58.1 Å². The Morgan fingerprint density at radius 3 is 2.33 bits per heavy atom. The fourth-order valence-corrected chi connectivity index (χ4v) is 3.81. The van der Waals surface area contributed by atoms with E-state index in [4.69, 9.17) is 21.7 Å². The minimum absolute atomic E-state index is 0.0288. The first kappa shape index (κ1) is 24.4. The summed E-state index contributed by atoms with van der Waals surface area (Å²) in [6.45, 7) is 1.92. The van der Waals surface area contributed by atoms with Gasteiger partial charge >= 0.3 is 0 Å². The number of anilines is 1. The van der Waals surface area contributed by atoms with Crippen LogP contribution in [0.4, 0.5) is 5.69 Å². The molecular weight excluding hydrogens is 510 g/mol. The molecule has 2 aromatic carbocycles. The number of hydrogen-bond acceptors (Lipinski definition) is 6. The molecule has 8 nitrogen and oxygen atoms in total. The van der Waals surface area contributed by atoms with Crippen molar-refractivity contribution in [2.45, 2.75) is 6.92 Å². The predicted octanol–water partition coefficient (Wildman–Crippen LogP) is 3.46. The van der Waals surface area contributed by atoms with Gasteiger partial charge in [-0.2, -0.15) is 0 Å². The highest BCUT2D eigenvalue weighted by Gasteiger charge is 2.35. The molecule has 0 spiro atoms. The zero-order chi connectivity index (χ0) is 24.1. The van der Waals surface area contributed by atoms with E-state index in [0.717, 1.165) is 0 Å². The molecular formula is C23H22BrN3O5S. The van der Waals surface area contributed by atoms with Crippen LogP contribution in [-0.2, 0) is 14.4 Å². The largest absolute Gasteiger partial charge is 0.490 e. The van der Waals surface area contributed by atoms with Crippen LogP contribution in [0.2, 0.25) is 0 Å². The Morgan fingerprint density at radius 1 is 1.09 bits per heavy atom. The molecule has 0 saturated carbocycles. The van der Waals surface area contributed by atoms with E-state index < -0.39 is 11.8 Å². The van der Waals surface area contributed by atoms with Gasteiger partial charge in [-0.3, -0.25) is 24.2 Å². The van der Waals surface area contributed by atoms with Gasteiger partial charge in [0.15, 0.2) is 23.2 Å².